The van der Waals surface area contributed by atoms with Crippen molar-refractivity contribution in [2.75, 3.05) is 13.6 Å². The topological polar surface area (TPSA) is 8.17 Å². The Morgan fingerprint density at radius 1 is 1.12 bits per heavy atom. The summed E-state index contributed by atoms with van der Waals surface area (Å²) in [6, 6.07) is 18.7. The van der Waals surface area contributed by atoms with Crippen molar-refractivity contribution >= 4 is 10.9 Å². The summed E-state index contributed by atoms with van der Waals surface area (Å²) in [4.78, 5) is 2.40. The van der Waals surface area contributed by atoms with Crippen LogP contribution in [0.1, 0.15) is 34.9 Å². The van der Waals surface area contributed by atoms with Crippen LogP contribution in [-0.2, 0) is 19.4 Å². The molecule has 0 amide bonds. The van der Waals surface area contributed by atoms with Gasteiger partial charge in [0.15, 0.2) is 0 Å². The van der Waals surface area contributed by atoms with Gasteiger partial charge < -0.3 is 4.90 Å². The van der Waals surface area contributed by atoms with Gasteiger partial charge in [-0.25, -0.2) is 0 Å². The highest BCUT2D eigenvalue weighted by Crippen LogP contribution is 2.30. The lowest BCUT2D eigenvalue weighted by Gasteiger charge is -2.23. The van der Waals surface area contributed by atoms with E-state index >= 15 is 0 Å². The molecule has 0 atom stereocenters. The predicted octanol–water partition coefficient (Wildman–Crippen LogP) is 4.36. The van der Waals surface area contributed by atoms with Gasteiger partial charge in [-0.05, 0) is 55.6 Å². The van der Waals surface area contributed by atoms with Crippen molar-refractivity contribution in [1.82, 2.24) is 9.47 Å². The van der Waals surface area contributed by atoms with E-state index in [9.17, 15) is 0 Å². The van der Waals surface area contributed by atoms with Gasteiger partial charge in [-0.2, -0.15) is 0 Å². The van der Waals surface area contributed by atoms with Crippen LogP contribution in [0.3, 0.4) is 0 Å². The fourth-order valence-electron chi connectivity index (χ4n) is 3.80. The third kappa shape index (κ3) is 2.86. The van der Waals surface area contributed by atoms with Crippen LogP contribution in [0.2, 0.25) is 0 Å². The number of benzene rings is 2. The first kappa shape index (κ1) is 16.0. The fourth-order valence-corrected chi connectivity index (χ4v) is 3.80. The molecule has 0 saturated carbocycles. The number of likely N-dealkylation sites (N-methyl/N-ethyl adjacent to an activating group) is 1. The Labute approximate surface area is 150 Å². The molecule has 2 nitrogen and oxygen atoms in total. The van der Waals surface area contributed by atoms with Crippen molar-refractivity contribution in [2.45, 2.75) is 33.2 Å². The molecule has 3 aromatic rings. The van der Waals surface area contributed by atoms with Gasteiger partial charge >= 0.3 is 0 Å². The molecule has 2 heterocycles. The number of nitrogens with zero attached hydrogens (tertiary/aromatic N) is 2. The lowest BCUT2D eigenvalue weighted by molar-refractivity contribution is 0.311. The van der Waals surface area contributed by atoms with E-state index in [0.717, 1.165) is 31.5 Å². The zero-order valence-electron chi connectivity index (χ0n) is 15.3. The van der Waals surface area contributed by atoms with Crippen LogP contribution in [0, 0.1) is 18.9 Å². The summed E-state index contributed by atoms with van der Waals surface area (Å²) >= 11 is 0. The Bertz CT molecular complexity index is 998. The minimum absolute atomic E-state index is 1.01. The molecule has 1 aliphatic rings. The fraction of sp³-hybridized carbons (Fsp3) is 0.304. The second-order valence-corrected chi connectivity index (χ2v) is 7.02. The van der Waals surface area contributed by atoms with Crippen LogP contribution in [-0.4, -0.2) is 23.1 Å². The van der Waals surface area contributed by atoms with Gasteiger partial charge in [0.1, 0.15) is 0 Å². The van der Waals surface area contributed by atoms with E-state index in [2.05, 4.69) is 84.8 Å². The van der Waals surface area contributed by atoms with Crippen LogP contribution in [0.25, 0.3) is 10.9 Å². The van der Waals surface area contributed by atoms with Crippen molar-refractivity contribution in [3.63, 3.8) is 0 Å². The number of aromatic nitrogens is 1. The summed E-state index contributed by atoms with van der Waals surface area (Å²) in [7, 11) is 2.20. The average Bonchev–Trinajstić information content (AvgIpc) is 2.92. The number of rotatable bonds is 1. The summed E-state index contributed by atoms with van der Waals surface area (Å²) in [5, 5.41) is 1.36. The number of hydrogen-bond donors (Lipinski definition) is 0. The van der Waals surface area contributed by atoms with Gasteiger partial charge in [-0.15, -0.1) is 0 Å². The molecule has 0 bridgehead atoms. The minimum atomic E-state index is 1.01. The molecule has 1 aliphatic heterocycles. The third-order valence-corrected chi connectivity index (χ3v) is 5.20. The highest BCUT2D eigenvalue weighted by Gasteiger charge is 2.21. The van der Waals surface area contributed by atoms with Crippen LogP contribution >= 0.6 is 0 Å². The molecule has 1 aromatic heterocycles. The van der Waals surface area contributed by atoms with E-state index in [1.165, 1.54) is 33.3 Å². The molecule has 2 heteroatoms. The highest BCUT2D eigenvalue weighted by molar-refractivity contribution is 5.87. The Balaban J connectivity index is 1.90. The Morgan fingerprint density at radius 3 is 2.80 bits per heavy atom. The van der Waals surface area contributed by atoms with E-state index in [4.69, 9.17) is 0 Å². The van der Waals surface area contributed by atoms with E-state index in [-0.39, 0.29) is 0 Å². The van der Waals surface area contributed by atoms with Crippen molar-refractivity contribution in [3.8, 4) is 12.0 Å². The molecule has 0 fully saturated rings. The van der Waals surface area contributed by atoms with Crippen molar-refractivity contribution in [2.24, 2.45) is 0 Å². The number of fused-ring (bicyclic) bond motifs is 3. The van der Waals surface area contributed by atoms with Crippen LogP contribution in [0.15, 0.2) is 42.5 Å². The Kier molecular flexibility index (Phi) is 4.11. The standard InChI is InChI=1S/C23H24N2/c1-4-18-7-5-6-8-19(18)11-14-25-22-10-9-17(2)15-20(22)21-16-24(3)13-12-23(21)25/h5-10,15H,4,12-13,16H2,1-3H3. The van der Waals surface area contributed by atoms with Crippen molar-refractivity contribution < 1.29 is 0 Å². The lowest BCUT2D eigenvalue weighted by atomic mass is 10.0. The summed E-state index contributed by atoms with van der Waals surface area (Å²) in [6.07, 6.45) is 2.07. The second-order valence-electron chi connectivity index (χ2n) is 7.02. The second kappa shape index (κ2) is 6.43. The molecular formula is C23H24N2. The Hall–Kier alpha value is -2.50. The van der Waals surface area contributed by atoms with Gasteiger partial charge in [0.2, 0.25) is 0 Å². The van der Waals surface area contributed by atoms with E-state index in [1.807, 2.05) is 0 Å². The van der Waals surface area contributed by atoms with Crippen LogP contribution in [0.5, 0.6) is 0 Å². The third-order valence-electron chi connectivity index (χ3n) is 5.20. The van der Waals surface area contributed by atoms with Gasteiger partial charge in [0, 0.05) is 42.2 Å². The molecule has 0 aliphatic carbocycles. The molecule has 0 saturated heterocycles. The molecule has 0 spiro atoms. The normalized spacial score (nSPS) is 14.2. The maximum absolute atomic E-state index is 3.47. The molecule has 25 heavy (non-hydrogen) atoms. The lowest BCUT2D eigenvalue weighted by Crippen LogP contribution is -2.27. The molecule has 4 rings (SSSR count). The van der Waals surface area contributed by atoms with Gasteiger partial charge in [0.05, 0.1) is 5.52 Å². The summed E-state index contributed by atoms with van der Waals surface area (Å²) in [6.45, 7) is 6.45. The Morgan fingerprint density at radius 2 is 1.96 bits per heavy atom. The summed E-state index contributed by atoms with van der Waals surface area (Å²) in [5.41, 5.74) is 7.85. The molecule has 126 valence electrons. The largest absolute Gasteiger partial charge is 0.302 e. The number of aryl methyl sites for hydroxylation is 2. The first-order valence-corrected chi connectivity index (χ1v) is 9.08. The molecular weight excluding hydrogens is 304 g/mol. The van der Waals surface area contributed by atoms with Crippen molar-refractivity contribution in [3.05, 3.63) is 70.4 Å². The first-order chi connectivity index (χ1) is 12.2. The minimum Gasteiger partial charge on any atom is -0.302 e. The predicted molar refractivity (Wildman–Crippen MR) is 105 cm³/mol. The van der Waals surface area contributed by atoms with Crippen molar-refractivity contribution in [1.29, 1.82) is 0 Å². The van der Waals surface area contributed by atoms with E-state index in [1.54, 1.807) is 0 Å². The van der Waals surface area contributed by atoms with Crippen LogP contribution < -0.4 is 0 Å². The molecule has 2 aromatic carbocycles. The van der Waals surface area contributed by atoms with Gasteiger partial charge in [-0.1, -0.05) is 36.8 Å². The molecule has 0 radical (unpaired) electrons. The first-order valence-electron chi connectivity index (χ1n) is 9.08. The summed E-state index contributed by atoms with van der Waals surface area (Å²) < 4.78 is 2.24. The zero-order valence-corrected chi connectivity index (χ0v) is 15.3. The highest BCUT2D eigenvalue weighted by atomic mass is 15.1. The quantitative estimate of drug-likeness (QED) is 0.603. The number of hydrogen-bond acceptors (Lipinski definition) is 1. The maximum atomic E-state index is 3.47. The van der Waals surface area contributed by atoms with Gasteiger partial charge in [0.25, 0.3) is 0 Å². The smallest absolute Gasteiger partial charge is 0.0618 e. The van der Waals surface area contributed by atoms with Crippen LogP contribution in [0.4, 0.5) is 0 Å². The maximum Gasteiger partial charge on any atom is 0.0618 e. The molecule has 0 unspecified atom stereocenters. The SMILES string of the molecule is CCc1ccccc1C#Cn1c2c(c3cc(C)ccc31)CN(C)CC2. The molecule has 0 N–H and O–H groups in total. The van der Waals surface area contributed by atoms with Gasteiger partial charge in [-0.3, -0.25) is 4.57 Å². The summed E-state index contributed by atoms with van der Waals surface area (Å²) in [5.74, 6) is 3.43. The van der Waals surface area contributed by atoms with E-state index < -0.39 is 0 Å². The monoisotopic (exact) mass is 328 g/mol. The zero-order chi connectivity index (χ0) is 17.4. The van der Waals surface area contributed by atoms with E-state index in [0.29, 0.717) is 0 Å². The average molecular weight is 328 g/mol.